The lowest BCUT2D eigenvalue weighted by molar-refractivity contribution is -0.136. The average molecular weight is 288 g/mol. The van der Waals surface area contributed by atoms with E-state index in [0.717, 1.165) is 15.6 Å². The number of carboxylic acids is 1. The summed E-state index contributed by atoms with van der Waals surface area (Å²) in [5.41, 5.74) is 0.910. The Morgan fingerprint density at radius 1 is 1.33 bits per heavy atom. The molecule has 0 fully saturated rings. The number of hydrogen-bond donors (Lipinski definition) is 2. The zero-order valence-corrected chi connectivity index (χ0v) is 11.2. The lowest BCUT2D eigenvalue weighted by atomic mass is 10.1. The molecule has 18 heavy (non-hydrogen) atoms. The van der Waals surface area contributed by atoms with Gasteiger partial charge in [-0.15, -0.1) is 11.3 Å². The number of rotatable bonds is 2. The fraction of sp³-hybridized carbons (Fsp3) is 0.182. The van der Waals surface area contributed by atoms with Crippen molar-refractivity contribution < 1.29 is 22.9 Å². The number of carbonyl (C=O) groups is 1. The number of carboxylic acid groups (broad SMARTS) is 1. The smallest absolute Gasteiger partial charge is 0.307 e. The highest BCUT2D eigenvalue weighted by Gasteiger charge is 2.06. The van der Waals surface area contributed by atoms with E-state index in [1.165, 1.54) is 0 Å². The molecule has 2 N–H and O–H groups in total. The molecule has 5 nitrogen and oxygen atoms in total. The maximum Gasteiger partial charge on any atom is 0.307 e. The summed E-state index contributed by atoms with van der Waals surface area (Å²) in [5.74, 6) is -0.774. The van der Waals surface area contributed by atoms with Crippen molar-refractivity contribution in [1.82, 2.24) is 0 Å². The second kappa shape index (κ2) is 5.94. The zero-order valence-electron chi connectivity index (χ0n) is 9.53. The van der Waals surface area contributed by atoms with Gasteiger partial charge in [-0.1, -0.05) is 18.2 Å². The molecule has 0 saturated carbocycles. The van der Waals surface area contributed by atoms with Crippen LogP contribution in [0.3, 0.4) is 0 Å². The topological polar surface area (TPSA) is 91.7 Å². The molecule has 2 aromatic rings. The van der Waals surface area contributed by atoms with Crippen LogP contribution in [0, 0.1) is 0 Å². The number of hydrogen-bond acceptors (Lipinski definition) is 4. The quantitative estimate of drug-likeness (QED) is 0.825. The van der Waals surface area contributed by atoms with Crippen molar-refractivity contribution in [2.45, 2.75) is 6.42 Å². The molecule has 2 rings (SSSR count). The second-order valence-corrected chi connectivity index (χ2v) is 5.94. The summed E-state index contributed by atoms with van der Waals surface area (Å²) < 4.78 is 27.0. The van der Waals surface area contributed by atoms with Gasteiger partial charge < -0.3 is 5.11 Å². The molecule has 0 amide bonds. The van der Waals surface area contributed by atoms with E-state index in [0.29, 0.717) is 6.26 Å². The van der Waals surface area contributed by atoms with Gasteiger partial charge in [0.2, 0.25) is 0 Å². The predicted molar refractivity (Wildman–Crippen MR) is 70.6 cm³/mol. The molecule has 0 unspecified atom stereocenters. The third-order valence-electron chi connectivity index (χ3n) is 1.90. The average Bonchev–Trinajstić information content (AvgIpc) is 2.59. The summed E-state index contributed by atoms with van der Waals surface area (Å²) >= 11 is 1.59. The van der Waals surface area contributed by atoms with E-state index in [2.05, 4.69) is 0 Å². The van der Waals surface area contributed by atoms with Gasteiger partial charge in [0.05, 0.1) is 12.7 Å². The Hall–Kier alpha value is -1.44. The molecule has 0 bridgehead atoms. The van der Waals surface area contributed by atoms with Crippen LogP contribution in [0.5, 0.6) is 0 Å². The van der Waals surface area contributed by atoms with Crippen LogP contribution in [0.4, 0.5) is 0 Å². The minimum atomic E-state index is -3.67. The van der Waals surface area contributed by atoms with Gasteiger partial charge in [-0.2, -0.15) is 8.42 Å². The van der Waals surface area contributed by atoms with E-state index in [9.17, 15) is 13.2 Å². The van der Waals surface area contributed by atoms with Crippen molar-refractivity contribution in [3.8, 4) is 0 Å². The van der Waals surface area contributed by atoms with Gasteiger partial charge in [0.15, 0.2) is 0 Å². The Bertz CT molecular complexity index is 634. The van der Waals surface area contributed by atoms with E-state index in [4.69, 9.17) is 9.66 Å². The van der Waals surface area contributed by atoms with Gasteiger partial charge in [0.25, 0.3) is 10.1 Å². The molecular formula is C11H12O5S2. The van der Waals surface area contributed by atoms with Crippen LogP contribution in [-0.2, 0) is 21.3 Å². The summed E-state index contributed by atoms with van der Waals surface area (Å²) in [7, 11) is -3.67. The molecule has 1 aromatic heterocycles. The highest BCUT2D eigenvalue weighted by Crippen LogP contribution is 2.25. The predicted octanol–water partition coefficient (Wildman–Crippen LogP) is 2.03. The number of aliphatic carboxylic acids is 1. The van der Waals surface area contributed by atoms with Crippen LogP contribution in [-0.4, -0.2) is 30.3 Å². The zero-order chi connectivity index (χ0) is 13.8. The normalized spacial score (nSPS) is 10.8. The summed E-state index contributed by atoms with van der Waals surface area (Å²) in [6.07, 6.45) is 0.830. The van der Waals surface area contributed by atoms with Crippen molar-refractivity contribution in [3.05, 3.63) is 35.2 Å². The first kappa shape index (κ1) is 14.6. The largest absolute Gasteiger partial charge is 0.481 e. The molecule has 0 aliphatic rings. The standard InChI is InChI=1S/C10H8O2S.CH4O3S/c11-10(12)5-7-6-13-9-4-2-1-3-8(7)9;1-5(2,3)4/h1-4,6H,5H2,(H,11,12);1H3,(H,2,3,4). The van der Waals surface area contributed by atoms with E-state index in [1.807, 2.05) is 29.6 Å². The van der Waals surface area contributed by atoms with Crippen LogP contribution < -0.4 is 0 Å². The third kappa shape index (κ3) is 5.26. The molecule has 7 heteroatoms. The second-order valence-electron chi connectivity index (χ2n) is 3.56. The van der Waals surface area contributed by atoms with E-state index in [1.54, 1.807) is 11.3 Å². The van der Waals surface area contributed by atoms with E-state index >= 15 is 0 Å². The Morgan fingerprint density at radius 2 is 1.89 bits per heavy atom. The van der Waals surface area contributed by atoms with Crippen LogP contribution >= 0.6 is 11.3 Å². The molecule has 0 aliphatic carbocycles. The van der Waals surface area contributed by atoms with Crippen molar-refractivity contribution in [2.24, 2.45) is 0 Å². The SMILES string of the molecule is CS(=O)(=O)O.O=C(O)Cc1csc2ccccc12. The molecule has 0 radical (unpaired) electrons. The molecule has 0 saturated heterocycles. The summed E-state index contributed by atoms with van der Waals surface area (Å²) in [5, 5.41) is 11.6. The Balaban J connectivity index is 0.000000280. The lowest BCUT2D eigenvalue weighted by Crippen LogP contribution is -1.98. The van der Waals surface area contributed by atoms with Crippen LogP contribution in [0.1, 0.15) is 5.56 Å². The monoisotopic (exact) mass is 288 g/mol. The van der Waals surface area contributed by atoms with Gasteiger partial charge in [-0.3, -0.25) is 9.35 Å². The number of fused-ring (bicyclic) bond motifs is 1. The van der Waals surface area contributed by atoms with Gasteiger partial charge in [0.1, 0.15) is 0 Å². The summed E-state index contributed by atoms with van der Waals surface area (Å²) in [4.78, 5) is 10.5. The molecule has 1 heterocycles. The Kier molecular flexibility index (Phi) is 4.83. The molecule has 98 valence electrons. The van der Waals surface area contributed by atoms with Crippen LogP contribution in [0.25, 0.3) is 10.1 Å². The Morgan fingerprint density at radius 3 is 2.44 bits per heavy atom. The lowest BCUT2D eigenvalue weighted by Gasteiger charge is -1.93. The minimum Gasteiger partial charge on any atom is -0.481 e. The van der Waals surface area contributed by atoms with Crippen molar-refractivity contribution in [1.29, 1.82) is 0 Å². The van der Waals surface area contributed by atoms with Crippen LogP contribution in [0.15, 0.2) is 29.6 Å². The van der Waals surface area contributed by atoms with E-state index < -0.39 is 16.1 Å². The van der Waals surface area contributed by atoms with Crippen molar-refractivity contribution in [2.75, 3.05) is 6.26 Å². The highest BCUT2D eigenvalue weighted by molar-refractivity contribution is 7.85. The molecule has 0 atom stereocenters. The van der Waals surface area contributed by atoms with Gasteiger partial charge in [-0.25, -0.2) is 0 Å². The number of thiophene rings is 1. The fourth-order valence-corrected chi connectivity index (χ4v) is 2.30. The molecule has 0 aliphatic heterocycles. The van der Waals surface area contributed by atoms with Gasteiger partial charge >= 0.3 is 5.97 Å². The maximum atomic E-state index is 10.5. The minimum absolute atomic E-state index is 0.115. The Labute approximate surface area is 108 Å². The fourth-order valence-electron chi connectivity index (χ4n) is 1.33. The van der Waals surface area contributed by atoms with E-state index in [-0.39, 0.29) is 6.42 Å². The first-order chi connectivity index (χ1) is 8.27. The summed E-state index contributed by atoms with van der Waals surface area (Å²) in [6, 6.07) is 7.86. The molecular weight excluding hydrogens is 276 g/mol. The highest BCUT2D eigenvalue weighted by atomic mass is 32.2. The van der Waals surface area contributed by atoms with Crippen molar-refractivity contribution >= 4 is 37.5 Å². The van der Waals surface area contributed by atoms with Gasteiger partial charge in [0, 0.05) is 4.70 Å². The first-order valence-electron chi connectivity index (χ1n) is 4.86. The molecule has 0 spiro atoms. The third-order valence-corrected chi connectivity index (χ3v) is 2.92. The van der Waals surface area contributed by atoms with Gasteiger partial charge in [-0.05, 0) is 22.4 Å². The van der Waals surface area contributed by atoms with Crippen LogP contribution in [0.2, 0.25) is 0 Å². The van der Waals surface area contributed by atoms with Crippen molar-refractivity contribution in [3.63, 3.8) is 0 Å². The maximum absolute atomic E-state index is 10.5. The summed E-state index contributed by atoms with van der Waals surface area (Å²) in [6.45, 7) is 0. The molecule has 1 aromatic carbocycles. The number of benzene rings is 1. The first-order valence-corrected chi connectivity index (χ1v) is 7.59.